The summed E-state index contributed by atoms with van der Waals surface area (Å²) in [6.45, 7) is 9.43. The van der Waals surface area contributed by atoms with Crippen molar-refractivity contribution in [1.29, 1.82) is 0 Å². The Hall–Kier alpha value is -1.59. The zero-order chi connectivity index (χ0) is 16.2. The molecule has 3 rings (SSSR count). The Kier molecular flexibility index (Phi) is 5.18. The lowest BCUT2D eigenvalue weighted by molar-refractivity contribution is 0.0572. The number of piperazine rings is 1. The van der Waals surface area contributed by atoms with E-state index in [4.69, 9.17) is 4.74 Å². The molecule has 1 aromatic carbocycles. The minimum Gasteiger partial charge on any atom is -0.377 e. The molecule has 2 fully saturated rings. The van der Waals surface area contributed by atoms with Crippen molar-refractivity contribution >= 4 is 11.7 Å². The van der Waals surface area contributed by atoms with Crippen molar-refractivity contribution in [3.63, 3.8) is 0 Å². The van der Waals surface area contributed by atoms with Gasteiger partial charge in [-0.1, -0.05) is 6.07 Å². The van der Waals surface area contributed by atoms with Gasteiger partial charge in [-0.05, 0) is 49.9 Å². The molecule has 1 N–H and O–H groups in total. The van der Waals surface area contributed by atoms with Gasteiger partial charge in [-0.3, -0.25) is 4.90 Å². The molecule has 2 amide bonds. The molecule has 2 aliphatic heterocycles. The second kappa shape index (κ2) is 7.32. The molecule has 2 heterocycles. The molecule has 1 aromatic rings. The highest BCUT2D eigenvalue weighted by Crippen LogP contribution is 2.16. The molecule has 126 valence electrons. The van der Waals surface area contributed by atoms with Crippen LogP contribution >= 0.6 is 0 Å². The molecule has 1 atom stereocenters. The maximum Gasteiger partial charge on any atom is 0.321 e. The Balaban J connectivity index is 1.47. The van der Waals surface area contributed by atoms with E-state index in [9.17, 15) is 4.79 Å². The number of nitrogens with zero attached hydrogens (tertiary/aromatic N) is 2. The second-order valence-corrected chi connectivity index (χ2v) is 6.73. The van der Waals surface area contributed by atoms with Crippen molar-refractivity contribution in [3.8, 4) is 0 Å². The number of ether oxygens (including phenoxy) is 1. The van der Waals surface area contributed by atoms with E-state index < -0.39 is 0 Å². The molecule has 23 heavy (non-hydrogen) atoms. The van der Waals surface area contributed by atoms with Crippen LogP contribution in [0.4, 0.5) is 10.5 Å². The summed E-state index contributed by atoms with van der Waals surface area (Å²) in [4.78, 5) is 16.7. The Morgan fingerprint density at radius 3 is 2.48 bits per heavy atom. The number of amides is 2. The molecule has 2 aliphatic rings. The SMILES string of the molecule is Cc1cc(C)cc(NC(=O)N2CCN(CC3CCCO3)CC2)c1. The lowest BCUT2D eigenvalue weighted by atomic mass is 10.1. The van der Waals surface area contributed by atoms with Crippen molar-refractivity contribution in [1.82, 2.24) is 9.80 Å². The van der Waals surface area contributed by atoms with E-state index in [1.807, 2.05) is 30.9 Å². The molecule has 0 radical (unpaired) electrons. The molecule has 0 aromatic heterocycles. The minimum atomic E-state index is 0.00627. The number of nitrogens with one attached hydrogen (secondary N) is 1. The third kappa shape index (κ3) is 4.45. The van der Waals surface area contributed by atoms with E-state index in [2.05, 4.69) is 16.3 Å². The summed E-state index contributed by atoms with van der Waals surface area (Å²) in [5.41, 5.74) is 3.22. The fraction of sp³-hybridized carbons (Fsp3) is 0.611. The topological polar surface area (TPSA) is 44.8 Å². The summed E-state index contributed by atoms with van der Waals surface area (Å²) in [6, 6.07) is 6.14. The number of hydrogen-bond donors (Lipinski definition) is 1. The Bertz CT molecular complexity index is 527. The van der Waals surface area contributed by atoms with E-state index in [-0.39, 0.29) is 6.03 Å². The standard InChI is InChI=1S/C18H27N3O2/c1-14-10-15(2)12-16(11-14)19-18(22)21-7-5-20(6-8-21)13-17-4-3-9-23-17/h10-12,17H,3-9,13H2,1-2H3,(H,19,22). The van der Waals surface area contributed by atoms with Crippen LogP contribution in [-0.4, -0.2) is 61.3 Å². The molecule has 0 saturated carbocycles. The van der Waals surface area contributed by atoms with Crippen molar-refractivity contribution in [3.05, 3.63) is 29.3 Å². The van der Waals surface area contributed by atoms with Gasteiger partial charge < -0.3 is 15.0 Å². The van der Waals surface area contributed by atoms with Gasteiger partial charge in [-0.15, -0.1) is 0 Å². The van der Waals surface area contributed by atoms with Crippen LogP contribution in [0.2, 0.25) is 0 Å². The molecule has 5 heteroatoms. The molecular weight excluding hydrogens is 290 g/mol. The highest BCUT2D eigenvalue weighted by Gasteiger charge is 2.24. The zero-order valence-corrected chi connectivity index (χ0v) is 14.2. The van der Waals surface area contributed by atoms with Gasteiger partial charge in [-0.25, -0.2) is 4.79 Å². The molecule has 2 saturated heterocycles. The van der Waals surface area contributed by atoms with Crippen LogP contribution in [-0.2, 0) is 4.74 Å². The lowest BCUT2D eigenvalue weighted by Crippen LogP contribution is -2.51. The van der Waals surface area contributed by atoms with Crippen LogP contribution in [0.3, 0.4) is 0 Å². The third-order valence-electron chi connectivity index (χ3n) is 4.62. The monoisotopic (exact) mass is 317 g/mol. The van der Waals surface area contributed by atoms with Gasteiger partial charge in [-0.2, -0.15) is 0 Å². The fourth-order valence-electron chi connectivity index (χ4n) is 3.46. The fourth-order valence-corrected chi connectivity index (χ4v) is 3.46. The summed E-state index contributed by atoms with van der Waals surface area (Å²) < 4.78 is 5.70. The largest absolute Gasteiger partial charge is 0.377 e. The van der Waals surface area contributed by atoms with Crippen LogP contribution in [0.5, 0.6) is 0 Å². The van der Waals surface area contributed by atoms with Crippen molar-refractivity contribution < 1.29 is 9.53 Å². The first kappa shape index (κ1) is 16.3. The van der Waals surface area contributed by atoms with Crippen LogP contribution in [0.25, 0.3) is 0 Å². The third-order valence-corrected chi connectivity index (χ3v) is 4.62. The van der Waals surface area contributed by atoms with Gasteiger partial charge in [0, 0.05) is 45.0 Å². The van der Waals surface area contributed by atoms with Gasteiger partial charge in [0.15, 0.2) is 0 Å². The van der Waals surface area contributed by atoms with E-state index in [0.717, 1.165) is 45.0 Å². The van der Waals surface area contributed by atoms with Gasteiger partial charge in [0.1, 0.15) is 0 Å². The quantitative estimate of drug-likeness (QED) is 0.932. The maximum absolute atomic E-state index is 12.4. The van der Waals surface area contributed by atoms with Crippen molar-refractivity contribution in [2.45, 2.75) is 32.8 Å². The molecule has 0 aliphatic carbocycles. The second-order valence-electron chi connectivity index (χ2n) is 6.73. The average molecular weight is 317 g/mol. The average Bonchev–Trinajstić information content (AvgIpc) is 3.00. The van der Waals surface area contributed by atoms with E-state index in [1.165, 1.54) is 24.0 Å². The van der Waals surface area contributed by atoms with E-state index in [0.29, 0.717) is 6.10 Å². The van der Waals surface area contributed by atoms with E-state index in [1.54, 1.807) is 0 Å². The number of carbonyl (C=O) groups excluding carboxylic acids is 1. The maximum atomic E-state index is 12.4. The van der Waals surface area contributed by atoms with Gasteiger partial charge in [0.2, 0.25) is 0 Å². The number of rotatable bonds is 3. The summed E-state index contributed by atoms with van der Waals surface area (Å²) in [5.74, 6) is 0. The normalized spacial score (nSPS) is 22.3. The minimum absolute atomic E-state index is 0.00627. The highest BCUT2D eigenvalue weighted by atomic mass is 16.5. The summed E-state index contributed by atoms with van der Waals surface area (Å²) >= 11 is 0. The predicted molar refractivity (Wildman–Crippen MR) is 91.9 cm³/mol. The van der Waals surface area contributed by atoms with Gasteiger partial charge in [0.05, 0.1) is 6.10 Å². The van der Waals surface area contributed by atoms with Crippen molar-refractivity contribution in [2.24, 2.45) is 0 Å². The number of anilines is 1. The number of carbonyl (C=O) groups is 1. The molecule has 1 unspecified atom stereocenters. The first-order chi connectivity index (χ1) is 11.1. The smallest absolute Gasteiger partial charge is 0.321 e. The summed E-state index contributed by atoms with van der Waals surface area (Å²) in [6.07, 6.45) is 2.75. The van der Waals surface area contributed by atoms with Gasteiger partial charge in [0.25, 0.3) is 0 Å². The summed E-state index contributed by atoms with van der Waals surface area (Å²) in [7, 11) is 0. The Morgan fingerprint density at radius 1 is 1.17 bits per heavy atom. The first-order valence-electron chi connectivity index (χ1n) is 8.58. The Morgan fingerprint density at radius 2 is 1.87 bits per heavy atom. The molecular formula is C18H27N3O2. The predicted octanol–water partition coefficient (Wildman–Crippen LogP) is 2.63. The van der Waals surface area contributed by atoms with Crippen LogP contribution < -0.4 is 5.32 Å². The van der Waals surface area contributed by atoms with Gasteiger partial charge >= 0.3 is 6.03 Å². The highest BCUT2D eigenvalue weighted by molar-refractivity contribution is 5.89. The Labute approximate surface area is 138 Å². The zero-order valence-electron chi connectivity index (χ0n) is 14.2. The van der Waals surface area contributed by atoms with Crippen LogP contribution in [0.1, 0.15) is 24.0 Å². The van der Waals surface area contributed by atoms with Crippen LogP contribution in [0.15, 0.2) is 18.2 Å². The van der Waals surface area contributed by atoms with Crippen LogP contribution in [0, 0.1) is 13.8 Å². The first-order valence-corrected chi connectivity index (χ1v) is 8.58. The molecule has 5 nitrogen and oxygen atoms in total. The number of benzene rings is 1. The van der Waals surface area contributed by atoms with E-state index >= 15 is 0 Å². The van der Waals surface area contributed by atoms with Crippen molar-refractivity contribution in [2.75, 3.05) is 44.6 Å². The molecule has 0 bridgehead atoms. The summed E-state index contributed by atoms with van der Waals surface area (Å²) in [5, 5.41) is 3.03. The number of aryl methyl sites for hydroxylation is 2. The number of urea groups is 1. The lowest BCUT2D eigenvalue weighted by Gasteiger charge is -2.35. The number of hydrogen-bond acceptors (Lipinski definition) is 3. The molecule has 0 spiro atoms.